The largest absolute Gasteiger partial charge is 0.383 e. The molecule has 1 rings (SSSR count). The first kappa shape index (κ1) is 11.9. The molecule has 0 saturated heterocycles. The minimum Gasteiger partial charge on any atom is -0.383 e. The van der Waals surface area contributed by atoms with Gasteiger partial charge in [-0.15, -0.1) is 0 Å². The lowest BCUT2D eigenvalue weighted by molar-refractivity contribution is 0.679. The van der Waals surface area contributed by atoms with Gasteiger partial charge in [-0.2, -0.15) is 0 Å². The number of nitrogens with zero attached hydrogens (tertiary/aromatic N) is 1. The van der Waals surface area contributed by atoms with Gasteiger partial charge in [0, 0.05) is 38.1 Å². The van der Waals surface area contributed by atoms with E-state index in [-0.39, 0.29) is 6.04 Å². The molecule has 0 amide bonds. The molecule has 1 aromatic carbocycles. The molecule has 0 saturated carbocycles. The molecule has 0 aliphatic rings. The number of rotatable bonds is 5. The van der Waals surface area contributed by atoms with Crippen LogP contribution in [0.5, 0.6) is 0 Å². The van der Waals surface area contributed by atoms with E-state index < -0.39 is 0 Å². The molecule has 1 atom stereocenters. The molecule has 0 aromatic heterocycles. The molecule has 0 heterocycles. The fourth-order valence-electron chi connectivity index (χ4n) is 1.29. The van der Waals surface area contributed by atoms with Crippen LogP contribution in [0.1, 0.15) is 13.3 Å². The number of hydrogen-bond donors (Lipinski definition) is 2. The number of nitrogens with two attached hydrogens (primary N) is 1. The normalized spacial score (nSPS) is 12.3. The SMILES string of the molecule is CCC(N)CNc1cccc(N(C)C)c1. The van der Waals surface area contributed by atoms with Crippen LogP contribution in [-0.4, -0.2) is 26.7 Å². The van der Waals surface area contributed by atoms with Crippen LogP contribution < -0.4 is 16.0 Å². The molecule has 0 aliphatic carbocycles. The Morgan fingerprint density at radius 2 is 2.13 bits per heavy atom. The van der Waals surface area contributed by atoms with Gasteiger partial charge < -0.3 is 16.0 Å². The fraction of sp³-hybridized carbons (Fsp3) is 0.500. The Balaban J connectivity index is 2.58. The highest BCUT2D eigenvalue weighted by molar-refractivity contribution is 5.57. The predicted molar refractivity (Wildman–Crippen MR) is 67.5 cm³/mol. The van der Waals surface area contributed by atoms with Crippen LogP contribution in [0.2, 0.25) is 0 Å². The fourth-order valence-corrected chi connectivity index (χ4v) is 1.29. The third kappa shape index (κ3) is 3.80. The highest BCUT2D eigenvalue weighted by atomic mass is 15.1. The average Bonchev–Trinajstić information content (AvgIpc) is 2.26. The Hall–Kier alpha value is -1.22. The maximum absolute atomic E-state index is 5.85. The molecule has 1 unspecified atom stereocenters. The third-order valence-corrected chi connectivity index (χ3v) is 2.46. The highest BCUT2D eigenvalue weighted by Gasteiger charge is 2.00. The van der Waals surface area contributed by atoms with Crippen molar-refractivity contribution in [2.45, 2.75) is 19.4 Å². The molecule has 3 heteroatoms. The van der Waals surface area contributed by atoms with Crippen LogP contribution in [0.4, 0.5) is 11.4 Å². The van der Waals surface area contributed by atoms with E-state index >= 15 is 0 Å². The molecule has 0 radical (unpaired) electrons. The maximum Gasteiger partial charge on any atom is 0.0381 e. The van der Waals surface area contributed by atoms with Crippen LogP contribution in [0.15, 0.2) is 24.3 Å². The second kappa shape index (κ2) is 5.61. The zero-order chi connectivity index (χ0) is 11.3. The molecule has 3 N–H and O–H groups in total. The lowest BCUT2D eigenvalue weighted by atomic mass is 10.2. The lowest BCUT2D eigenvalue weighted by Gasteiger charge is -2.15. The lowest BCUT2D eigenvalue weighted by Crippen LogP contribution is -2.28. The standard InChI is InChI=1S/C12H21N3/c1-4-10(13)9-14-11-6-5-7-12(8-11)15(2)3/h5-8,10,14H,4,9,13H2,1-3H3. The molecule has 84 valence electrons. The molecule has 0 aliphatic heterocycles. The predicted octanol–water partition coefficient (Wildman–Crippen LogP) is 1.90. The van der Waals surface area contributed by atoms with Gasteiger partial charge in [0.25, 0.3) is 0 Å². The van der Waals surface area contributed by atoms with Crippen molar-refractivity contribution in [3.05, 3.63) is 24.3 Å². The van der Waals surface area contributed by atoms with Gasteiger partial charge in [-0.1, -0.05) is 13.0 Å². The molecule has 1 aromatic rings. The first-order valence-corrected chi connectivity index (χ1v) is 5.40. The van der Waals surface area contributed by atoms with E-state index in [1.165, 1.54) is 5.69 Å². The minimum atomic E-state index is 0.230. The zero-order valence-electron chi connectivity index (χ0n) is 9.83. The molecule has 15 heavy (non-hydrogen) atoms. The summed E-state index contributed by atoms with van der Waals surface area (Å²) in [7, 11) is 4.08. The first-order chi connectivity index (χ1) is 7.13. The number of hydrogen-bond acceptors (Lipinski definition) is 3. The van der Waals surface area contributed by atoms with E-state index in [2.05, 4.69) is 41.4 Å². The molecular weight excluding hydrogens is 186 g/mol. The van der Waals surface area contributed by atoms with Gasteiger partial charge in [0.1, 0.15) is 0 Å². The van der Waals surface area contributed by atoms with Crippen LogP contribution >= 0.6 is 0 Å². The maximum atomic E-state index is 5.85. The van der Waals surface area contributed by atoms with Crippen molar-refractivity contribution in [1.82, 2.24) is 0 Å². The summed E-state index contributed by atoms with van der Waals surface area (Å²) in [5.41, 5.74) is 8.17. The zero-order valence-corrected chi connectivity index (χ0v) is 9.83. The summed E-state index contributed by atoms with van der Waals surface area (Å²) in [6.07, 6.45) is 1.00. The van der Waals surface area contributed by atoms with Crippen molar-refractivity contribution in [2.24, 2.45) is 5.73 Å². The Kier molecular flexibility index (Phi) is 4.43. The summed E-state index contributed by atoms with van der Waals surface area (Å²) in [4.78, 5) is 2.09. The Morgan fingerprint density at radius 1 is 1.40 bits per heavy atom. The van der Waals surface area contributed by atoms with Crippen LogP contribution in [0.25, 0.3) is 0 Å². The van der Waals surface area contributed by atoms with E-state index in [1.807, 2.05) is 14.1 Å². The number of benzene rings is 1. The van der Waals surface area contributed by atoms with Crippen molar-refractivity contribution in [3.63, 3.8) is 0 Å². The van der Waals surface area contributed by atoms with Gasteiger partial charge in [0.2, 0.25) is 0 Å². The van der Waals surface area contributed by atoms with Crippen LogP contribution in [0.3, 0.4) is 0 Å². The van der Waals surface area contributed by atoms with Crippen LogP contribution in [0, 0.1) is 0 Å². The molecule has 0 spiro atoms. The average molecular weight is 207 g/mol. The van der Waals surface area contributed by atoms with Crippen molar-refractivity contribution >= 4 is 11.4 Å². The Labute approximate surface area is 92.3 Å². The van der Waals surface area contributed by atoms with E-state index in [0.717, 1.165) is 18.7 Å². The van der Waals surface area contributed by atoms with Gasteiger partial charge in [-0.25, -0.2) is 0 Å². The summed E-state index contributed by atoms with van der Waals surface area (Å²) < 4.78 is 0. The van der Waals surface area contributed by atoms with Crippen molar-refractivity contribution in [2.75, 3.05) is 30.9 Å². The number of nitrogens with one attached hydrogen (secondary N) is 1. The topological polar surface area (TPSA) is 41.3 Å². The highest BCUT2D eigenvalue weighted by Crippen LogP contribution is 2.16. The summed E-state index contributed by atoms with van der Waals surface area (Å²) in [6, 6.07) is 8.56. The Bertz CT molecular complexity index is 297. The van der Waals surface area contributed by atoms with Gasteiger partial charge in [-0.3, -0.25) is 0 Å². The Morgan fingerprint density at radius 3 is 2.73 bits per heavy atom. The molecule has 0 fully saturated rings. The van der Waals surface area contributed by atoms with E-state index in [4.69, 9.17) is 5.73 Å². The molecule has 0 bridgehead atoms. The second-order valence-electron chi connectivity index (χ2n) is 3.99. The van der Waals surface area contributed by atoms with Crippen LogP contribution in [-0.2, 0) is 0 Å². The van der Waals surface area contributed by atoms with Crippen molar-refractivity contribution in [3.8, 4) is 0 Å². The van der Waals surface area contributed by atoms with E-state index in [0.29, 0.717) is 0 Å². The summed E-state index contributed by atoms with van der Waals surface area (Å²) >= 11 is 0. The molecule has 3 nitrogen and oxygen atoms in total. The van der Waals surface area contributed by atoms with Gasteiger partial charge >= 0.3 is 0 Å². The smallest absolute Gasteiger partial charge is 0.0381 e. The van der Waals surface area contributed by atoms with Gasteiger partial charge in [0.15, 0.2) is 0 Å². The van der Waals surface area contributed by atoms with Crippen molar-refractivity contribution < 1.29 is 0 Å². The first-order valence-electron chi connectivity index (χ1n) is 5.40. The minimum absolute atomic E-state index is 0.230. The van der Waals surface area contributed by atoms with Crippen molar-refractivity contribution in [1.29, 1.82) is 0 Å². The third-order valence-electron chi connectivity index (χ3n) is 2.46. The van der Waals surface area contributed by atoms with Gasteiger partial charge in [-0.05, 0) is 24.6 Å². The number of anilines is 2. The summed E-state index contributed by atoms with van der Waals surface area (Å²) in [5, 5.41) is 3.34. The summed E-state index contributed by atoms with van der Waals surface area (Å²) in [6.45, 7) is 2.93. The monoisotopic (exact) mass is 207 g/mol. The van der Waals surface area contributed by atoms with E-state index in [9.17, 15) is 0 Å². The molecular formula is C12H21N3. The van der Waals surface area contributed by atoms with Gasteiger partial charge in [0.05, 0.1) is 0 Å². The van der Waals surface area contributed by atoms with E-state index in [1.54, 1.807) is 0 Å². The quantitative estimate of drug-likeness (QED) is 0.775. The summed E-state index contributed by atoms with van der Waals surface area (Å²) in [5.74, 6) is 0. The second-order valence-corrected chi connectivity index (χ2v) is 3.99.